The van der Waals surface area contributed by atoms with Crippen molar-refractivity contribution in [2.75, 3.05) is 0 Å². The third-order valence-corrected chi connectivity index (χ3v) is 2.31. The quantitative estimate of drug-likeness (QED) is 0.891. The fourth-order valence-electron chi connectivity index (χ4n) is 1.33. The number of carboxylic acid groups (broad SMARTS) is 1. The number of halogens is 3. The Labute approximate surface area is 94.8 Å². The van der Waals surface area contributed by atoms with E-state index in [2.05, 4.69) is 0 Å². The van der Waals surface area contributed by atoms with Gasteiger partial charge in [0.2, 0.25) is 0 Å². The van der Waals surface area contributed by atoms with Gasteiger partial charge in [-0.25, -0.2) is 4.79 Å². The number of benzene rings is 1. The molecule has 1 N–H and O–H groups in total. The molecular weight excluding hydrogens is 237 g/mol. The minimum atomic E-state index is -4.58. The molecule has 0 aromatic heterocycles. The maximum absolute atomic E-state index is 12.5. The first-order chi connectivity index (χ1) is 7.86. The third-order valence-electron chi connectivity index (χ3n) is 2.31. The zero-order valence-electron chi connectivity index (χ0n) is 8.62. The molecule has 0 amide bonds. The smallest absolute Gasteiger partial charge is 0.416 e. The molecule has 0 bridgehead atoms. The predicted octanol–water partition coefficient (Wildman–Crippen LogP) is 2.94. The Morgan fingerprint density at radius 2 is 1.94 bits per heavy atom. The SMILES string of the molecule is O=C(O)c1cc(OC2CC2)cc(C(F)(F)F)c1. The van der Waals surface area contributed by atoms with Crippen LogP contribution in [0.3, 0.4) is 0 Å². The number of ether oxygens (including phenoxy) is 1. The number of aromatic carboxylic acids is 1. The molecule has 1 fully saturated rings. The van der Waals surface area contributed by atoms with E-state index in [0.29, 0.717) is 6.07 Å². The number of hydrogen-bond donors (Lipinski definition) is 1. The molecule has 3 nitrogen and oxygen atoms in total. The molecule has 2 rings (SSSR count). The van der Waals surface area contributed by atoms with Crippen molar-refractivity contribution in [2.45, 2.75) is 25.1 Å². The lowest BCUT2D eigenvalue weighted by molar-refractivity contribution is -0.137. The Morgan fingerprint density at radius 1 is 1.29 bits per heavy atom. The van der Waals surface area contributed by atoms with Gasteiger partial charge in [0.25, 0.3) is 0 Å². The normalized spacial score (nSPS) is 15.7. The van der Waals surface area contributed by atoms with Crippen molar-refractivity contribution in [2.24, 2.45) is 0 Å². The van der Waals surface area contributed by atoms with Gasteiger partial charge in [-0.3, -0.25) is 0 Å². The Bertz CT molecular complexity index is 450. The van der Waals surface area contributed by atoms with Crippen molar-refractivity contribution in [1.82, 2.24) is 0 Å². The summed E-state index contributed by atoms with van der Waals surface area (Å²) >= 11 is 0. The lowest BCUT2D eigenvalue weighted by atomic mass is 10.1. The van der Waals surface area contributed by atoms with Gasteiger partial charge in [-0.05, 0) is 31.0 Å². The summed E-state index contributed by atoms with van der Waals surface area (Å²) in [5.41, 5.74) is -1.43. The van der Waals surface area contributed by atoms with E-state index in [1.165, 1.54) is 0 Å². The summed E-state index contributed by atoms with van der Waals surface area (Å²) < 4.78 is 42.7. The molecule has 92 valence electrons. The van der Waals surface area contributed by atoms with Crippen molar-refractivity contribution in [3.8, 4) is 5.75 Å². The lowest BCUT2D eigenvalue weighted by Crippen LogP contribution is -2.09. The highest BCUT2D eigenvalue weighted by Gasteiger charge is 2.33. The van der Waals surface area contributed by atoms with E-state index in [1.54, 1.807) is 0 Å². The van der Waals surface area contributed by atoms with Crippen LogP contribution >= 0.6 is 0 Å². The molecule has 1 aliphatic rings. The molecule has 0 aliphatic heterocycles. The lowest BCUT2D eigenvalue weighted by Gasteiger charge is -2.11. The van der Waals surface area contributed by atoms with E-state index in [1.807, 2.05) is 0 Å². The van der Waals surface area contributed by atoms with Crippen molar-refractivity contribution in [1.29, 1.82) is 0 Å². The second-order valence-electron chi connectivity index (χ2n) is 3.87. The van der Waals surface area contributed by atoms with E-state index >= 15 is 0 Å². The van der Waals surface area contributed by atoms with Crippen LogP contribution in [0.15, 0.2) is 18.2 Å². The van der Waals surface area contributed by atoms with Gasteiger partial charge in [0, 0.05) is 0 Å². The van der Waals surface area contributed by atoms with Gasteiger partial charge in [0.15, 0.2) is 0 Å². The summed E-state index contributed by atoms with van der Waals surface area (Å²) in [5, 5.41) is 8.73. The molecule has 0 heterocycles. The molecule has 6 heteroatoms. The van der Waals surface area contributed by atoms with Crippen LogP contribution in [0.1, 0.15) is 28.8 Å². The van der Waals surface area contributed by atoms with Crippen LogP contribution in [0.2, 0.25) is 0 Å². The predicted molar refractivity (Wildman–Crippen MR) is 52.1 cm³/mol. The molecule has 0 saturated heterocycles. The Kier molecular flexibility index (Phi) is 2.73. The fourth-order valence-corrected chi connectivity index (χ4v) is 1.33. The molecule has 1 saturated carbocycles. The van der Waals surface area contributed by atoms with E-state index in [9.17, 15) is 18.0 Å². The van der Waals surface area contributed by atoms with E-state index in [0.717, 1.165) is 25.0 Å². The maximum atomic E-state index is 12.5. The van der Waals surface area contributed by atoms with Crippen LogP contribution in [-0.4, -0.2) is 17.2 Å². The summed E-state index contributed by atoms with van der Waals surface area (Å²) in [6.45, 7) is 0. The molecule has 17 heavy (non-hydrogen) atoms. The summed E-state index contributed by atoms with van der Waals surface area (Å²) in [5.74, 6) is -1.45. The highest BCUT2D eigenvalue weighted by atomic mass is 19.4. The standard InChI is InChI=1S/C11H9F3O3/c12-11(13,14)7-3-6(10(15)16)4-9(5-7)17-8-1-2-8/h3-5,8H,1-2H2,(H,15,16). The maximum Gasteiger partial charge on any atom is 0.416 e. The van der Waals surface area contributed by atoms with Crippen molar-refractivity contribution in [3.63, 3.8) is 0 Å². The number of hydrogen-bond acceptors (Lipinski definition) is 2. The molecule has 0 spiro atoms. The zero-order valence-corrected chi connectivity index (χ0v) is 8.62. The second-order valence-corrected chi connectivity index (χ2v) is 3.87. The van der Waals surface area contributed by atoms with Crippen LogP contribution in [0.25, 0.3) is 0 Å². The number of carbonyl (C=O) groups is 1. The Hall–Kier alpha value is -1.72. The van der Waals surface area contributed by atoms with Gasteiger partial charge < -0.3 is 9.84 Å². The zero-order chi connectivity index (χ0) is 12.6. The molecule has 0 atom stereocenters. The molecular formula is C11H9F3O3. The summed E-state index contributed by atoms with van der Waals surface area (Å²) in [6.07, 6.45) is -3.08. The van der Waals surface area contributed by atoms with Gasteiger partial charge in [0.05, 0.1) is 17.2 Å². The second kappa shape index (κ2) is 3.94. The van der Waals surface area contributed by atoms with Crippen molar-refractivity contribution in [3.05, 3.63) is 29.3 Å². The van der Waals surface area contributed by atoms with Crippen LogP contribution in [0, 0.1) is 0 Å². The van der Waals surface area contributed by atoms with Gasteiger partial charge in [0.1, 0.15) is 5.75 Å². The third kappa shape index (κ3) is 2.89. The van der Waals surface area contributed by atoms with Gasteiger partial charge in [-0.15, -0.1) is 0 Å². The number of alkyl halides is 3. The fraction of sp³-hybridized carbons (Fsp3) is 0.364. The Balaban J connectivity index is 2.37. The Morgan fingerprint density at radius 3 is 2.41 bits per heavy atom. The van der Waals surface area contributed by atoms with E-state index in [4.69, 9.17) is 9.84 Å². The first-order valence-corrected chi connectivity index (χ1v) is 4.98. The minimum absolute atomic E-state index is 0.0419. The minimum Gasteiger partial charge on any atom is -0.490 e. The number of carboxylic acids is 1. The number of rotatable bonds is 3. The molecule has 1 aromatic rings. The topological polar surface area (TPSA) is 46.5 Å². The molecule has 1 aliphatic carbocycles. The summed E-state index contributed by atoms with van der Waals surface area (Å²) in [7, 11) is 0. The average Bonchev–Trinajstić information content (AvgIpc) is 2.99. The van der Waals surface area contributed by atoms with Gasteiger partial charge in [-0.1, -0.05) is 0 Å². The van der Waals surface area contributed by atoms with Gasteiger partial charge in [-0.2, -0.15) is 13.2 Å². The monoisotopic (exact) mass is 246 g/mol. The van der Waals surface area contributed by atoms with E-state index in [-0.39, 0.29) is 11.9 Å². The first-order valence-electron chi connectivity index (χ1n) is 4.98. The van der Waals surface area contributed by atoms with Gasteiger partial charge >= 0.3 is 12.1 Å². The average molecular weight is 246 g/mol. The summed E-state index contributed by atoms with van der Waals surface area (Å²) in [4.78, 5) is 10.7. The highest BCUT2D eigenvalue weighted by Crippen LogP contribution is 2.34. The van der Waals surface area contributed by atoms with Crippen LogP contribution in [0.5, 0.6) is 5.75 Å². The van der Waals surface area contributed by atoms with Crippen molar-refractivity contribution < 1.29 is 27.8 Å². The first kappa shape index (κ1) is 11.8. The highest BCUT2D eigenvalue weighted by molar-refractivity contribution is 5.88. The molecule has 0 radical (unpaired) electrons. The van der Waals surface area contributed by atoms with Crippen LogP contribution in [0.4, 0.5) is 13.2 Å². The van der Waals surface area contributed by atoms with E-state index < -0.39 is 23.3 Å². The molecule has 1 aromatic carbocycles. The van der Waals surface area contributed by atoms with Crippen molar-refractivity contribution >= 4 is 5.97 Å². The van der Waals surface area contributed by atoms with Crippen LogP contribution < -0.4 is 4.74 Å². The van der Waals surface area contributed by atoms with Crippen LogP contribution in [-0.2, 0) is 6.18 Å². The largest absolute Gasteiger partial charge is 0.490 e. The summed E-state index contributed by atoms with van der Waals surface area (Å²) in [6, 6.07) is 2.53. The molecule has 0 unspecified atom stereocenters.